The van der Waals surface area contributed by atoms with Crippen LogP contribution in [0.25, 0.3) is 0 Å². The van der Waals surface area contributed by atoms with Crippen LogP contribution in [0.4, 0.5) is 0 Å². The lowest BCUT2D eigenvalue weighted by molar-refractivity contribution is -0.122. The van der Waals surface area contributed by atoms with Gasteiger partial charge in [-0.1, -0.05) is 39.8 Å². The summed E-state index contributed by atoms with van der Waals surface area (Å²) in [7, 11) is 1.67. The molecule has 0 saturated heterocycles. The highest BCUT2D eigenvalue weighted by Gasteiger charge is 2.13. The molecular weight excluding hydrogens is 288 g/mol. The fourth-order valence-electron chi connectivity index (χ4n) is 2.67. The highest BCUT2D eigenvalue weighted by atomic mass is 16.5. The molecule has 0 unspecified atom stereocenters. The predicted octanol–water partition coefficient (Wildman–Crippen LogP) is 2.97. The molecule has 0 atom stereocenters. The van der Waals surface area contributed by atoms with E-state index in [1.807, 2.05) is 18.2 Å². The van der Waals surface area contributed by atoms with Crippen LogP contribution in [0.5, 0.6) is 5.75 Å². The van der Waals surface area contributed by atoms with Gasteiger partial charge in [-0.05, 0) is 36.0 Å². The molecule has 0 aliphatic carbocycles. The fourth-order valence-corrected chi connectivity index (χ4v) is 2.67. The first kappa shape index (κ1) is 19.5. The van der Waals surface area contributed by atoms with Gasteiger partial charge in [0.05, 0.1) is 13.7 Å². The van der Waals surface area contributed by atoms with Crippen LogP contribution in [0, 0.1) is 11.8 Å². The molecule has 0 heterocycles. The summed E-state index contributed by atoms with van der Waals surface area (Å²) in [6.45, 7) is 11.8. The largest absolute Gasteiger partial charge is 0.497 e. The molecule has 0 aliphatic heterocycles. The number of benzene rings is 1. The van der Waals surface area contributed by atoms with Gasteiger partial charge in [0, 0.05) is 19.6 Å². The molecule has 1 amide bonds. The molecule has 0 aromatic heterocycles. The van der Waals surface area contributed by atoms with Crippen molar-refractivity contribution >= 4 is 5.91 Å². The summed E-state index contributed by atoms with van der Waals surface area (Å²) in [5, 5.41) is 3.02. The van der Waals surface area contributed by atoms with Crippen LogP contribution in [0.1, 0.15) is 33.3 Å². The maximum atomic E-state index is 12.2. The SMILES string of the molecule is COc1cccc(CCNC(=O)CN(CC(C)C)CC(C)C)c1. The van der Waals surface area contributed by atoms with E-state index in [1.54, 1.807) is 7.11 Å². The lowest BCUT2D eigenvalue weighted by Crippen LogP contribution is -2.41. The summed E-state index contributed by atoms with van der Waals surface area (Å²) in [4.78, 5) is 14.4. The van der Waals surface area contributed by atoms with Gasteiger partial charge in [0.25, 0.3) is 0 Å². The highest BCUT2D eigenvalue weighted by Crippen LogP contribution is 2.12. The Labute approximate surface area is 141 Å². The topological polar surface area (TPSA) is 41.6 Å². The molecule has 0 bridgehead atoms. The number of methoxy groups -OCH3 is 1. The van der Waals surface area contributed by atoms with E-state index in [2.05, 4.69) is 44.0 Å². The number of nitrogens with zero attached hydrogens (tertiary/aromatic N) is 1. The van der Waals surface area contributed by atoms with E-state index in [-0.39, 0.29) is 5.91 Å². The number of nitrogens with one attached hydrogen (secondary N) is 1. The number of amides is 1. The summed E-state index contributed by atoms with van der Waals surface area (Å²) >= 11 is 0. The van der Waals surface area contributed by atoms with Gasteiger partial charge in [0.1, 0.15) is 5.75 Å². The Morgan fingerprint density at radius 3 is 2.39 bits per heavy atom. The van der Waals surface area contributed by atoms with Crippen LogP contribution in [0.2, 0.25) is 0 Å². The summed E-state index contributed by atoms with van der Waals surface area (Å²) in [5.41, 5.74) is 1.17. The zero-order valence-corrected chi connectivity index (χ0v) is 15.3. The van der Waals surface area contributed by atoms with E-state index in [0.29, 0.717) is 24.9 Å². The van der Waals surface area contributed by atoms with Gasteiger partial charge in [-0.3, -0.25) is 9.69 Å². The van der Waals surface area contributed by atoms with Crippen molar-refractivity contribution < 1.29 is 9.53 Å². The van der Waals surface area contributed by atoms with Crippen LogP contribution in [0.3, 0.4) is 0 Å². The number of hydrogen-bond acceptors (Lipinski definition) is 3. The minimum absolute atomic E-state index is 0.106. The summed E-state index contributed by atoms with van der Waals surface area (Å²) in [5.74, 6) is 2.10. The summed E-state index contributed by atoms with van der Waals surface area (Å²) < 4.78 is 5.21. The molecule has 0 fully saturated rings. The van der Waals surface area contributed by atoms with Gasteiger partial charge >= 0.3 is 0 Å². The number of carbonyl (C=O) groups excluding carboxylic acids is 1. The van der Waals surface area contributed by atoms with E-state index >= 15 is 0 Å². The van der Waals surface area contributed by atoms with E-state index in [0.717, 1.165) is 25.3 Å². The fraction of sp³-hybridized carbons (Fsp3) is 0.632. The minimum Gasteiger partial charge on any atom is -0.497 e. The third-order valence-electron chi connectivity index (χ3n) is 3.48. The van der Waals surface area contributed by atoms with Crippen molar-refractivity contribution in [1.29, 1.82) is 0 Å². The second-order valence-electron chi connectivity index (χ2n) is 6.93. The summed E-state index contributed by atoms with van der Waals surface area (Å²) in [6, 6.07) is 7.97. The molecule has 4 nitrogen and oxygen atoms in total. The van der Waals surface area contributed by atoms with Crippen LogP contribution >= 0.6 is 0 Å². The van der Waals surface area contributed by atoms with Crippen molar-refractivity contribution in [2.24, 2.45) is 11.8 Å². The number of carbonyl (C=O) groups is 1. The van der Waals surface area contributed by atoms with Crippen molar-refractivity contribution in [2.75, 3.05) is 33.3 Å². The molecule has 0 radical (unpaired) electrons. The Balaban J connectivity index is 2.39. The van der Waals surface area contributed by atoms with Crippen molar-refractivity contribution in [3.63, 3.8) is 0 Å². The Morgan fingerprint density at radius 2 is 1.83 bits per heavy atom. The van der Waals surface area contributed by atoms with Crippen LogP contribution in [-0.2, 0) is 11.2 Å². The van der Waals surface area contributed by atoms with Crippen molar-refractivity contribution in [3.05, 3.63) is 29.8 Å². The van der Waals surface area contributed by atoms with Crippen LogP contribution in [0.15, 0.2) is 24.3 Å². The second-order valence-corrected chi connectivity index (χ2v) is 6.93. The van der Waals surface area contributed by atoms with E-state index < -0.39 is 0 Å². The second kappa shape index (κ2) is 10.3. The molecule has 1 aromatic carbocycles. The zero-order valence-electron chi connectivity index (χ0n) is 15.3. The van der Waals surface area contributed by atoms with Crippen molar-refractivity contribution in [3.8, 4) is 5.75 Å². The van der Waals surface area contributed by atoms with Gasteiger partial charge in [-0.25, -0.2) is 0 Å². The third kappa shape index (κ3) is 8.60. The van der Waals surface area contributed by atoms with Crippen LogP contribution in [-0.4, -0.2) is 44.1 Å². The Hall–Kier alpha value is -1.55. The lowest BCUT2D eigenvalue weighted by Gasteiger charge is -2.25. The highest BCUT2D eigenvalue weighted by molar-refractivity contribution is 5.78. The molecule has 1 N–H and O–H groups in total. The third-order valence-corrected chi connectivity index (χ3v) is 3.48. The normalized spacial score (nSPS) is 11.3. The standard InChI is InChI=1S/C19H32N2O2/c1-15(2)12-21(13-16(3)4)14-19(22)20-10-9-17-7-6-8-18(11-17)23-5/h6-8,11,15-16H,9-10,12-14H2,1-5H3,(H,20,22). The van der Waals surface area contributed by atoms with Gasteiger partial charge in [0.2, 0.25) is 5.91 Å². The number of rotatable bonds is 10. The monoisotopic (exact) mass is 320 g/mol. The van der Waals surface area contributed by atoms with Gasteiger partial charge < -0.3 is 10.1 Å². The molecule has 1 aromatic rings. The maximum Gasteiger partial charge on any atom is 0.234 e. The van der Waals surface area contributed by atoms with Gasteiger partial charge in [-0.2, -0.15) is 0 Å². The predicted molar refractivity (Wildman–Crippen MR) is 95.8 cm³/mol. The van der Waals surface area contributed by atoms with Gasteiger partial charge in [0.15, 0.2) is 0 Å². The smallest absolute Gasteiger partial charge is 0.234 e. The van der Waals surface area contributed by atoms with Crippen LogP contribution < -0.4 is 10.1 Å². The molecule has 0 aliphatic rings. The Kier molecular flexibility index (Phi) is 8.70. The number of hydrogen-bond donors (Lipinski definition) is 1. The van der Waals surface area contributed by atoms with Gasteiger partial charge in [-0.15, -0.1) is 0 Å². The van der Waals surface area contributed by atoms with E-state index in [4.69, 9.17) is 4.74 Å². The first-order chi connectivity index (χ1) is 10.9. The molecule has 130 valence electrons. The first-order valence-corrected chi connectivity index (χ1v) is 8.52. The van der Waals surface area contributed by atoms with Crippen molar-refractivity contribution in [2.45, 2.75) is 34.1 Å². The maximum absolute atomic E-state index is 12.2. The number of ether oxygens (including phenoxy) is 1. The van der Waals surface area contributed by atoms with E-state index in [1.165, 1.54) is 5.56 Å². The minimum atomic E-state index is 0.106. The Bertz CT molecular complexity index is 462. The molecule has 0 spiro atoms. The average molecular weight is 320 g/mol. The van der Waals surface area contributed by atoms with E-state index in [9.17, 15) is 4.79 Å². The quantitative estimate of drug-likeness (QED) is 0.720. The lowest BCUT2D eigenvalue weighted by atomic mass is 10.1. The average Bonchev–Trinajstić information content (AvgIpc) is 2.46. The zero-order chi connectivity index (χ0) is 17.2. The molecule has 4 heteroatoms. The molecule has 0 saturated carbocycles. The molecule has 23 heavy (non-hydrogen) atoms. The molecule has 1 rings (SSSR count). The molecular formula is C19H32N2O2. The summed E-state index contributed by atoms with van der Waals surface area (Å²) in [6.07, 6.45) is 0.817. The Morgan fingerprint density at radius 1 is 1.17 bits per heavy atom. The first-order valence-electron chi connectivity index (χ1n) is 8.52. The van der Waals surface area contributed by atoms with Crippen molar-refractivity contribution in [1.82, 2.24) is 10.2 Å².